The maximum atomic E-state index is 13.7. The van der Waals surface area contributed by atoms with Crippen LogP contribution in [0.5, 0.6) is 0 Å². The summed E-state index contributed by atoms with van der Waals surface area (Å²) >= 11 is 0. The smallest absolute Gasteiger partial charge is 0.251 e. The van der Waals surface area contributed by atoms with Crippen LogP contribution in [0.15, 0.2) is 72.8 Å². The minimum atomic E-state index is -0.792. The molecule has 6 N–H and O–H groups in total. The molecule has 270 valence electrons. The van der Waals surface area contributed by atoms with Gasteiger partial charge in [-0.3, -0.25) is 14.4 Å². The van der Waals surface area contributed by atoms with Crippen molar-refractivity contribution in [2.24, 2.45) is 17.6 Å². The predicted octanol–water partition coefficient (Wildman–Crippen LogP) is 4.60. The third-order valence-corrected chi connectivity index (χ3v) is 9.96. The number of halogens is 1. The molecule has 3 aromatic carbocycles. The lowest BCUT2D eigenvalue weighted by Crippen LogP contribution is -2.48. The van der Waals surface area contributed by atoms with Gasteiger partial charge in [0.1, 0.15) is 6.04 Å². The van der Waals surface area contributed by atoms with Crippen LogP contribution < -0.4 is 21.7 Å². The maximum absolute atomic E-state index is 13.7. The normalized spacial score (nSPS) is 18.2. The zero-order chi connectivity index (χ0) is 34.7. The monoisotopic (exact) mass is 713 g/mol. The molecule has 1 saturated heterocycles. The number of tetrazole rings is 1. The van der Waals surface area contributed by atoms with E-state index in [2.05, 4.69) is 41.5 Å². The van der Waals surface area contributed by atoms with Gasteiger partial charge in [-0.15, -0.1) is 17.5 Å². The molecule has 2 aliphatic rings. The number of rotatable bonds is 13. The lowest BCUT2D eigenvalue weighted by atomic mass is 9.81. The summed E-state index contributed by atoms with van der Waals surface area (Å²) in [7, 11) is 0. The van der Waals surface area contributed by atoms with Crippen molar-refractivity contribution < 1.29 is 14.4 Å². The minimum Gasteiger partial charge on any atom is -0.351 e. The summed E-state index contributed by atoms with van der Waals surface area (Å²) in [5.74, 6) is 0.351. The van der Waals surface area contributed by atoms with Crippen LogP contribution in [-0.2, 0) is 16.0 Å². The zero-order valence-corrected chi connectivity index (χ0v) is 29.7. The number of piperidine rings is 1. The lowest BCUT2D eigenvalue weighted by Gasteiger charge is -2.28. The van der Waals surface area contributed by atoms with Crippen molar-refractivity contribution in [3.05, 3.63) is 83.9 Å². The van der Waals surface area contributed by atoms with Crippen LogP contribution in [-0.4, -0.2) is 82.0 Å². The number of likely N-dealkylation sites (tertiary alicyclic amines) is 1. The molecule has 6 rings (SSSR count). The molecular formula is C38H48ClN9O3. The summed E-state index contributed by atoms with van der Waals surface area (Å²) in [4.78, 5) is 42.4. The van der Waals surface area contributed by atoms with Crippen LogP contribution in [0.4, 0.5) is 5.69 Å². The molecule has 2 heterocycles. The first-order valence-electron chi connectivity index (χ1n) is 17.8. The number of amides is 3. The lowest BCUT2D eigenvalue weighted by molar-refractivity contribution is -0.130. The first kappa shape index (κ1) is 37.6. The first-order valence-corrected chi connectivity index (χ1v) is 17.8. The molecule has 4 aromatic rings. The average molecular weight is 714 g/mol. The van der Waals surface area contributed by atoms with E-state index in [0.29, 0.717) is 42.5 Å². The molecule has 1 aliphatic heterocycles. The summed E-state index contributed by atoms with van der Waals surface area (Å²) in [6.07, 6.45) is 7.43. The first-order chi connectivity index (χ1) is 24.4. The van der Waals surface area contributed by atoms with Gasteiger partial charge in [0, 0.05) is 42.2 Å². The van der Waals surface area contributed by atoms with Gasteiger partial charge in [0.25, 0.3) is 5.91 Å². The fraction of sp³-hybridized carbons (Fsp3) is 0.421. The van der Waals surface area contributed by atoms with Gasteiger partial charge in [0.05, 0.1) is 0 Å². The van der Waals surface area contributed by atoms with Crippen LogP contribution in [0, 0.1) is 11.8 Å². The molecule has 0 radical (unpaired) electrons. The molecule has 0 bridgehead atoms. The van der Waals surface area contributed by atoms with E-state index < -0.39 is 6.04 Å². The van der Waals surface area contributed by atoms with Crippen LogP contribution in [0.1, 0.15) is 60.9 Å². The van der Waals surface area contributed by atoms with Crippen molar-refractivity contribution >= 4 is 35.8 Å². The Hall–Kier alpha value is -4.65. The van der Waals surface area contributed by atoms with Crippen molar-refractivity contribution in [1.82, 2.24) is 36.2 Å². The zero-order valence-electron chi connectivity index (χ0n) is 28.9. The molecule has 1 atom stereocenters. The number of benzene rings is 3. The molecule has 2 fully saturated rings. The Kier molecular flexibility index (Phi) is 13.7. The number of hydrogen-bond donors (Lipinski definition) is 5. The quantitative estimate of drug-likeness (QED) is 0.134. The van der Waals surface area contributed by atoms with Gasteiger partial charge >= 0.3 is 0 Å². The van der Waals surface area contributed by atoms with Gasteiger partial charge in [-0.25, -0.2) is 5.10 Å². The van der Waals surface area contributed by atoms with E-state index in [1.165, 1.54) is 19.3 Å². The van der Waals surface area contributed by atoms with Crippen LogP contribution >= 0.6 is 12.4 Å². The number of nitrogens with two attached hydrogens (primary N) is 1. The van der Waals surface area contributed by atoms with Crippen LogP contribution in [0.2, 0.25) is 0 Å². The maximum Gasteiger partial charge on any atom is 0.251 e. The Balaban J connectivity index is 0.00000504. The summed E-state index contributed by atoms with van der Waals surface area (Å²) in [6.45, 7) is 4.36. The van der Waals surface area contributed by atoms with Crippen molar-refractivity contribution in [1.29, 1.82) is 0 Å². The summed E-state index contributed by atoms with van der Waals surface area (Å²) < 4.78 is 0. The molecule has 51 heavy (non-hydrogen) atoms. The molecule has 1 aliphatic carbocycles. The standard InChI is InChI=1S/C38H47N9O3.ClH/c39-25-26-7-9-31(10-8-26)37(49)42-34(38(50)41-33-17-15-29(16-18-33)35-43-45-46-44-35)24-27-5-4-6-32(23-27)28-11-13-30(14-12-28)36(48)40-19-22-47-20-2-1-3-21-47;/h4-6,11-18,23,26,31,34H,1-3,7-10,19-22,24-25,39H2,(H,40,48)(H,41,50)(H,42,49)(H,43,44,45,46);1H/t26-,31-,34-;/m0./s1. The predicted molar refractivity (Wildman–Crippen MR) is 200 cm³/mol. The Morgan fingerprint density at radius 2 is 1.61 bits per heavy atom. The third-order valence-electron chi connectivity index (χ3n) is 9.96. The largest absolute Gasteiger partial charge is 0.351 e. The van der Waals surface area contributed by atoms with Gasteiger partial charge in [-0.2, -0.15) is 0 Å². The van der Waals surface area contributed by atoms with Crippen molar-refractivity contribution in [2.45, 2.75) is 57.4 Å². The van der Waals surface area contributed by atoms with E-state index in [4.69, 9.17) is 5.73 Å². The second kappa shape index (κ2) is 18.5. The number of nitrogens with zero attached hydrogens (tertiary/aromatic N) is 4. The Morgan fingerprint density at radius 1 is 0.882 bits per heavy atom. The number of hydrogen-bond acceptors (Lipinski definition) is 8. The Labute approximate surface area is 305 Å². The van der Waals surface area contributed by atoms with Crippen molar-refractivity contribution in [3.63, 3.8) is 0 Å². The average Bonchev–Trinajstić information content (AvgIpc) is 3.71. The fourth-order valence-electron chi connectivity index (χ4n) is 6.92. The van der Waals surface area contributed by atoms with Crippen LogP contribution in [0.3, 0.4) is 0 Å². The van der Waals surface area contributed by atoms with E-state index in [-0.39, 0.29) is 36.0 Å². The molecule has 1 saturated carbocycles. The number of aromatic amines is 1. The molecule has 3 amide bonds. The van der Waals surface area contributed by atoms with Gasteiger partial charge in [-0.05, 0) is 128 Å². The van der Waals surface area contributed by atoms with Gasteiger partial charge in [-0.1, -0.05) is 42.8 Å². The Morgan fingerprint density at radius 3 is 2.29 bits per heavy atom. The summed E-state index contributed by atoms with van der Waals surface area (Å²) in [6, 6.07) is 21.9. The molecule has 1 aromatic heterocycles. The van der Waals surface area contributed by atoms with Crippen LogP contribution in [0.25, 0.3) is 22.5 Å². The molecule has 13 heteroatoms. The summed E-state index contributed by atoms with van der Waals surface area (Å²) in [5, 5.41) is 23.0. The number of carbonyl (C=O) groups is 3. The minimum absolute atomic E-state index is 0. The van der Waals surface area contributed by atoms with E-state index in [0.717, 1.165) is 67.6 Å². The highest BCUT2D eigenvalue weighted by Crippen LogP contribution is 2.29. The highest BCUT2D eigenvalue weighted by Gasteiger charge is 2.29. The number of aromatic nitrogens is 4. The van der Waals surface area contributed by atoms with Crippen molar-refractivity contribution in [2.75, 3.05) is 38.0 Å². The topological polar surface area (TPSA) is 171 Å². The highest BCUT2D eigenvalue weighted by molar-refractivity contribution is 5.98. The Bertz CT molecular complexity index is 1700. The second-order valence-electron chi connectivity index (χ2n) is 13.5. The van der Waals surface area contributed by atoms with Gasteiger partial charge in [0.15, 0.2) is 5.82 Å². The number of carbonyl (C=O) groups excluding carboxylic acids is 3. The van der Waals surface area contributed by atoms with E-state index >= 15 is 0 Å². The molecule has 0 unspecified atom stereocenters. The highest BCUT2D eigenvalue weighted by atomic mass is 35.5. The fourth-order valence-corrected chi connectivity index (χ4v) is 6.92. The van der Waals surface area contributed by atoms with E-state index in [1.54, 1.807) is 12.1 Å². The molecular weight excluding hydrogens is 666 g/mol. The van der Waals surface area contributed by atoms with E-state index in [1.807, 2.05) is 60.7 Å². The van der Waals surface area contributed by atoms with E-state index in [9.17, 15) is 14.4 Å². The third kappa shape index (κ3) is 10.4. The SMILES string of the molecule is Cl.NC[C@H]1CC[C@H](C(=O)N[C@@H](Cc2cccc(-c3ccc(C(=O)NCCN4CCCCC4)cc3)c2)C(=O)Nc2ccc(-c3nnn[nH]3)cc2)CC1. The second-order valence-corrected chi connectivity index (χ2v) is 13.5. The molecule has 12 nitrogen and oxygen atoms in total. The number of nitrogens with one attached hydrogen (secondary N) is 4. The number of H-pyrrole nitrogens is 1. The molecule has 0 spiro atoms. The van der Waals surface area contributed by atoms with Gasteiger partial charge < -0.3 is 26.6 Å². The number of anilines is 1. The summed E-state index contributed by atoms with van der Waals surface area (Å²) in [5.41, 5.74) is 10.7. The van der Waals surface area contributed by atoms with Crippen molar-refractivity contribution in [3.8, 4) is 22.5 Å². The van der Waals surface area contributed by atoms with Gasteiger partial charge in [0.2, 0.25) is 11.8 Å².